The third-order valence-electron chi connectivity index (χ3n) is 13.2. The maximum absolute atomic E-state index is 15.2. The van der Waals surface area contributed by atoms with Crippen molar-refractivity contribution in [2.75, 3.05) is 42.9 Å². The highest BCUT2D eigenvalue weighted by Crippen LogP contribution is 2.38. The largest absolute Gasteiger partial charge is 0.386 e. The highest BCUT2D eigenvalue weighted by atomic mass is 19.1. The van der Waals surface area contributed by atoms with E-state index in [9.17, 15) is 24.3 Å². The first-order valence-electron chi connectivity index (χ1n) is 21.2. The van der Waals surface area contributed by atoms with E-state index >= 15 is 8.78 Å². The van der Waals surface area contributed by atoms with E-state index in [0.29, 0.717) is 66.1 Å². The normalized spacial score (nSPS) is 22.7. The first kappa shape index (κ1) is 41.1. The van der Waals surface area contributed by atoms with Crippen molar-refractivity contribution < 1.29 is 33.1 Å². The molecule has 0 bridgehead atoms. The summed E-state index contributed by atoms with van der Waals surface area (Å²) in [7, 11) is 0. The standard InChI is InChI=1S/C45H48F2N10O5/c1-25-21-53(44(61)27-22-54(23-27)32-17-35(46)41(36(47)18-32)33-10-12-40(58)51-42(33)59)13-14-55(25)29-5-7-30(8-6-29)56-24-26-15-38(34(45(2,3)62)19-37(26)52-56)50-43(60)39-11-9-31-16-28(48-4)20-49-57(31)39/h9,11,15-20,24-25,27,29-30,33,62H,5-8,10,12-14,21-23H2,1-3H3,(H,50,60)(H,51,58,59)/t25-,29?,30?,33?/m1/s1. The van der Waals surface area contributed by atoms with E-state index in [1.165, 1.54) is 22.8 Å². The quantitative estimate of drug-likeness (QED) is 0.132. The molecule has 2 atom stereocenters. The van der Waals surface area contributed by atoms with Gasteiger partial charge in [0.25, 0.3) is 5.91 Å². The lowest BCUT2D eigenvalue weighted by Crippen LogP contribution is -2.61. The Morgan fingerprint density at radius 1 is 0.968 bits per heavy atom. The smallest absolute Gasteiger partial charge is 0.274 e. The van der Waals surface area contributed by atoms with Gasteiger partial charge in [-0.05, 0) is 95.3 Å². The van der Waals surface area contributed by atoms with Crippen LogP contribution in [0.4, 0.5) is 25.8 Å². The van der Waals surface area contributed by atoms with Crippen LogP contribution in [0.3, 0.4) is 0 Å². The second-order valence-corrected chi connectivity index (χ2v) is 17.7. The van der Waals surface area contributed by atoms with Gasteiger partial charge in [-0.1, -0.05) is 0 Å². The van der Waals surface area contributed by atoms with Gasteiger partial charge in [0.1, 0.15) is 17.3 Å². The Kier molecular flexibility index (Phi) is 10.5. The molecule has 3 N–H and O–H groups in total. The predicted molar refractivity (Wildman–Crippen MR) is 226 cm³/mol. The van der Waals surface area contributed by atoms with Crippen molar-refractivity contribution in [3.63, 3.8) is 0 Å². The number of nitrogens with zero attached hydrogens (tertiary/aromatic N) is 8. The predicted octanol–water partition coefficient (Wildman–Crippen LogP) is 5.67. The molecule has 4 aliphatic rings. The summed E-state index contributed by atoms with van der Waals surface area (Å²) in [4.78, 5) is 60.5. The number of halogens is 2. The molecular formula is C45H48F2N10O5. The van der Waals surface area contributed by atoms with E-state index in [0.717, 1.165) is 43.1 Å². The highest BCUT2D eigenvalue weighted by Gasteiger charge is 2.41. The van der Waals surface area contributed by atoms with Crippen molar-refractivity contribution in [1.82, 2.24) is 34.5 Å². The van der Waals surface area contributed by atoms with E-state index in [1.54, 1.807) is 36.9 Å². The number of hydrogen-bond donors (Lipinski definition) is 3. The summed E-state index contributed by atoms with van der Waals surface area (Å²) in [6, 6.07) is 11.8. The number of hydrogen-bond acceptors (Lipinski definition) is 9. The monoisotopic (exact) mass is 846 g/mol. The molecule has 0 radical (unpaired) electrons. The molecule has 4 amide bonds. The Balaban J connectivity index is 0.792. The third kappa shape index (κ3) is 7.66. The number of rotatable bonds is 8. The molecule has 2 aromatic carbocycles. The third-order valence-corrected chi connectivity index (χ3v) is 13.2. The molecule has 5 aromatic rings. The van der Waals surface area contributed by atoms with E-state index in [2.05, 4.69) is 32.4 Å². The highest BCUT2D eigenvalue weighted by molar-refractivity contribution is 6.05. The SMILES string of the molecule is [C-]#[N+]c1cnn2c(C(=O)Nc3cc4cn(C5CCC(N6CCN(C(=O)C7CN(c8cc(F)c(C9CCC(=O)NC9=O)c(F)c8)C7)C[C@H]6C)CC5)nc4cc3C(C)(C)O)ccc2c1. The fraction of sp³-hybridized carbons (Fsp3) is 0.444. The van der Waals surface area contributed by atoms with Gasteiger partial charge >= 0.3 is 0 Å². The molecule has 3 aromatic heterocycles. The Morgan fingerprint density at radius 2 is 1.69 bits per heavy atom. The van der Waals surface area contributed by atoms with E-state index in [-0.39, 0.29) is 42.3 Å². The zero-order valence-corrected chi connectivity index (χ0v) is 34.8. The molecule has 9 rings (SSSR count). The van der Waals surface area contributed by atoms with Crippen LogP contribution in [0.2, 0.25) is 0 Å². The van der Waals surface area contributed by atoms with Crippen molar-refractivity contribution in [2.24, 2.45) is 5.92 Å². The number of aromatic nitrogens is 4. The van der Waals surface area contributed by atoms with Gasteiger partial charge in [0.05, 0.1) is 47.3 Å². The number of fused-ring (bicyclic) bond motifs is 2. The van der Waals surface area contributed by atoms with Gasteiger partial charge in [0, 0.05) is 85.3 Å². The maximum atomic E-state index is 15.2. The van der Waals surface area contributed by atoms with Crippen molar-refractivity contribution in [1.29, 1.82) is 0 Å². The Labute approximate surface area is 356 Å². The molecule has 3 aliphatic heterocycles. The van der Waals surface area contributed by atoms with E-state index in [1.807, 2.05) is 27.9 Å². The summed E-state index contributed by atoms with van der Waals surface area (Å²) in [6.45, 7) is 15.4. The second kappa shape index (κ2) is 15.9. The summed E-state index contributed by atoms with van der Waals surface area (Å²) in [6.07, 6.45) is 7.27. The van der Waals surface area contributed by atoms with Gasteiger partial charge < -0.3 is 20.2 Å². The summed E-state index contributed by atoms with van der Waals surface area (Å²) in [5.74, 6) is -4.52. The van der Waals surface area contributed by atoms with Crippen LogP contribution >= 0.6 is 0 Å². The number of piperidine rings is 1. The van der Waals surface area contributed by atoms with Crippen LogP contribution in [-0.2, 0) is 20.0 Å². The van der Waals surface area contributed by atoms with Crippen LogP contribution in [-0.4, -0.2) is 103 Å². The summed E-state index contributed by atoms with van der Waals surface area (Å²) >= 11 is 0. The van der Waals surface area contributed by atoms with Crippen molar-refractivity contribution in [3.8, 4) is 0 Å². The fourth-order valence-corrected chi connectivity index (χ4v) is 9.82. The second-order valence-electron chi connectivity index (χ2n) is 17.7. The lowest BCUT2D eigenvalue weighted by atomic mass is 9.88. The van der Waals surface area contributed by atoms with Crippen LogP contribution < -0.4 is 15.5 Å². The Morgan fingerprint density at radius 3 is 2.37 bits per heavy atom. The number of carbonyl (C=O) groups is 4. The molecule has 17 heteroatoms. The number of carbonyl (C=O) groups excluding carboxylic acids is 4. The van der Waals surface area contributed by atoms with Crippen LogP contribution in [0.1, 0.15) is 92.9 Å². The number of benzene rings is 2. The average Bonchev–Trinajstić information content (AvgIpc) is 3.84. The summed E-state index contributed by atoms with van der Waals surface area (Å²) in [5.41, 5.74) is 1.73. The zero-order valence-electron chi connectivity index (χ0n) is 34.8. The lowest BCUT2D eigenvalue weighted by Gasteiger charge is -2.48. The van der Waals surface area contributed by atoms with Crippen LogP contribution in [0.5, 0.6) is 0 Å². The van der Waals surface area contributed by atoms with Gasteiger partial charge in [-0.3, -0.25) is 34.1 Å². The van der Waals surface area contributed by atoms with Crippen LogP contribution in [0.25, 0.3) is 21.3 Å². The Hall–Kier alpha value is -6.25. The topological polar surface area (TPSA) is 162 Å². The fourth-order valence-electron chi connectivity index (χ4n) is 9.82. The number of nitrogens with one attached hydrogen (secondary N) is 2. The first-order valence-corrected chi connectivity index (χ1v) is 21.2. The van der Waals surface area contributed by atoms with Gasteiger partial charge in [-0.2, -0.15) is 10.2 Å². The lowest BCUT2D eigenvalue weighted by molar-refractivity contribution is -0.140. The maximum Gasteiger partial charge on any atom is 0.274 e. The van der Waals surface area contributed by atoms with Crippen LogP contribution in [0, 0.1) is 24.1 Å². The van der Waals surface area contributed by atoms with E-state index < -0.39 is 40.9 Å². The van der Waals surface area contributed by atoms with Gasteiger partial charge in [-0.25, -0.2) is 18.1 Å². The molecule has 62 heavy (non-hydrogen) atoms. The number of anilines is 2. The van der Waals surface area contributed by atoms with Gasteiger partial charge in [0.15, 0.2) is 0 Å². The molecule has 0 spiro atoms. The van der Waals surface area contributed by atoms with Crippen LogP contribution in [0.15, 0.2) is 54.9 Å². The Bertz CT molecular complexity index is 2650. The summed E-state index contributed by atoms with van der Waals surface area (Å²) in [5, 5.41) is 26.3. The summed E-state index contributed by atoms with van der Waals surface area (Å²) < 4.78 is 33.8. The van der Waals surface area contributed by atoms with Crippen molar-refractivity contribution in [3.05, 3.63) is 94.7 Å². The molecule has 1 saturated carbocycles. The molecule has 3 saturated heterocycles. The number of piperazine rings is 1. The van der Waals surface area contributed by atoms with Gasteiger partial charge in [-0.15, -0.1) is 0 Å². The minimum atomic E-state index is -1.27. The minimum absolute atomic E-state index is 0.0204. The molecule has 322 valence electrons. The molecular weight excluding hydrogens is 799 g/mol. The van der Waals surface area contributed by atoms with Crippen molar-refractivity contribution in [2.45, 2.75) is 88.9 Å². The molecule has 1 unspecified atom stereocenters. The molecule has 6 heterocycles. The minimum Gasteiger partial charge on any atom is -0.386 e. The number of aliphatic hydroxyl groups is 1. The number of imide groups is 1. The van der Waals surface area contributed by atoms with Crippen molar-refractivity contribution >= 4 is 57.1 Å². The molecule has 1 aliphatic carbocycles. The molecule has 4 fully saturated rings. The van der Waals surface area contributed by atoms with Gasteiger partial charge in [0.2, 0.25) is 23.4 Å². The number of amides is 4. The van der Waals surface area contributed by atoms with E-state index in [4.69, 9.17) is 11.7 Å². The molecule has 15 nitrogen and oxygen atoms in total. The zero-order chi connectivity index (χ0) is 43.6. The first-order chi connectivity index (χ1) is 29.6. The average molecular weight is 847 g/mol.